The number of unbranched alkanes of at least 4 members (excludes halogenated alkanes) is 1. The van der Waals surface area contributed by atoms with E-state index >= 15 is 0 Å². The topological polar surface area (TPSA) is 98.1 Å². The summed E-state index contributed by atoms with van der Waals surface area (Å²) < 4.78 is 27.2. The van der Waals surface area contributed by atoms with Crippen molar-refractivity contribution in [1.29, 1.82) is 5.26 Å². The molecule has 0 spiro atoms. The van der Waals surface area contributed by atoms with Crippen LogP contribution in [0.15, 0.2) is 30.5 Å². The highest BCUT2D eigenvalue weighted by molar-refractivity contribution is 6.09. The van der Waals surface area contributed by atoms with Gasteiger partial charge in [-0.25, -0.2) is 8.78 Å². The van der Waals surface area contributed by atoms with Gasteiger partial charge in [-0.05, 0) is 25.5 Å². The largest absolute Gasteiger partial charge is 0.381 e. The predicted octanol–water partition coefficient (Wildman–Crippen LogP) is 3.71. The maximum atomic E-state index is 13.6. The average molecular weight is 443 g/mol. The first kappa shape index (κ1) is 23.4. The van der Waals surface area contributed by atoms with Crippen LogP contribution in [0.1, 0.15) is 49.9 Å². The smallest absolute Gasteiger partial charge is 0.268 e. The summed E-state index contributed by atoms with van der Waals surface area (Å²) in [6.07, 6.45) is 4.05. The summed E-state index contributed by atoms with van der Waals surface area (Å²) in [5.74, 6) is -4.33. The third-order valence-corrected chi connectivity index (χ3v) is 5.55. The number of fused-ring (bicyclic) bond motifs is 1. The number of rotatable bonds is 8. The Morgan fingerprint density at radius 3 is 2.88 bits per heavy atom. The van der Waals surface area contributed by atoms with Crippen molar-refractivity contribution in [3.05, 3.63) is 36.0 Å². The second-order valence-electron chi connectivity index (χ2n) is 8.16. The van der Waals surface area contributed by atoms with E-state index < -0.39 is 43.3 Å². The monoisotopic (exact) mass is 443 g/mol. The van der Waals surface area contributed by atoms with Crippen LogP contribution in [0.5, 0.6) is 0 Å². The molecule has 1 fully saturated rings. The number of alkyl halides is 2. The quantitative estimate of drug-likeness (QED) is 0.648. The van der Waals surface area contributed by atoms with Gasteiger partial charge >= 0.3 is 0 Å². The van der Waals surface area contributed by atoms with Crippen molar-refractivity contribution in [3.8, 4) is 6.07 Å². The van der Waals surface area contributed by atoms with Crippen molar-refractivity contribution >= 4 is 28.4 Å². The number of carbonyl (C=O) groups excluding carboxylic acids is 2. The molecular formula is C23H27F2N5O2. The van der Waals surface area contributed by atoms with Gasteiger partial charge in [-0.3, -0.25) is 14.6 Å². The summed E-state index contributed by atoms with van der Waals surface area (Å²) >= 11 is 0. The Hall–Kier alpha value is -3.28. The van der Waals surface area contributed by atoms with Gasteiger partial charge in [0.15, 0.2) is 0 Å². The number of likely N-dealkylation sites (tertiary alicyclic amines) is 1. The normalized spacial score (nSPS) is 18.2. The summed E-state index contributed by atoms with van der Waals surface area (Å²) in [4.78, 5) is 30.4. The highest BCUT2D eigenvalue weighted by Crippen LogP contribution is 2.31. The second kappa shape index (κ2) is 9.90. The molecule has 2 amide bonds. The van der Waals surface area contributed by atoms with Crippen molar-refractivity contribution in [2.24, 2.45) is 0 Å². The van der Waals surface area contributed by atoms with Gasteiger partial charge < -0.3 is 15.5 Å². The molecule has 1 unspecified atom stereocenters. The molecule has 170 valence electrons. The zero-order chi connectivity index (χ0) is 23.3. The van der Waals surface area contributed by atoms with E-state index in [1.807, 2.05) is 12.1 Å². The first-order valence-corrected chi connectivity index (χ1v) is 10.7. The number of hydrogen-bond acceptors (Lipinski definition) is 5. The summed E-state index contributed by atoms with van der Waals surface area (Å²) in [7, 11) is 0. The number of amides is 2. The lowest BCUT2D eigenvalue weighted by Gasteiger charge is -2.19. The van der Waals surface area contributed by atoms with Crippen LogP contribution >= 0.6 is 0 Å². The number of aromatic nitrogens is 1. The first-order valence-electron chi connectivity index (χ1n) is 10.7. The lowest BCUT2D eigenvalue weighted by Crippen LogP contribution is -2.43. The van der Waals surface area contributed by atoms with E-state index in [2.05, 4.69) is 29.5 Å². The van der Waals surface area contributed by atoms with E-state index in [0.29, 0.717) is 16.5 Å². The molecule has 1 aromatic carbocycles. The number of hydrogen-bond donors (Lipinski definition) is 2. The number of nitriles is 1. The SMILES string of the molecule is CCCC[C@H](C)Nc1cccc2c(C(=O)NCC(=O)N3CC(F)(F)CC3C#N)ccnc12. The van der Waals surface area contributed by atoms with Crippen LogP contribution < -0.4 is 10.6 Å². The molecule has 9 heteroatoms. The lowest BCUT2D eigenvalue weighted by atomic mass is 10.1. The molecule has 2 N–H and O–H groups in total. The predicted molar refractivity (Wildman–Crippen MR) is 117 cm³/mol. The number of carbonyl (C=O) groups is 2. The molecule has 32 heavy (non-hydrogen) atoms. The van der Waals surface area contributed by atoms with Crippen molar-refractivity contribution < 1.29 is 18.4 Å². The fraction of sp³-hybridized carbons (Fsp3) is 0.478. The van der Waals surface area contributed by atoms with Gasteiger partial charge in [0, 0.05) is 24.0 Å². The van der Waals surface area contributed by atoms with Crippen LogP contribution in [-0.2, 0) is 4.79 Å². The minimum atomic E-state index is -3.10. The van der Waals surface area contributed by atoms with Gasteiger partial charge in [0.2, 0.25) is 5.91 Å². The number of nitrogens with zero attached hydrogens (tertiary/aromatic N) is 3. The molecule has 1 aromatic heterocycles. The zero-order valence-corrected chi connectivity index (χ0v) is 18.2. The fourth-order valence-corrected chi connectivity index (χ4v) is 3.89. The van der Waals surface area contributed by atoms with Gasteiger partial charge in [0.1, 0.15) is 6.04 Å². The molecule has 3 rings (SSSR count). The summed E-state index contributed by atoms with van der Waals surface area (Å²) in [6, 6.07) is 7.82. The van der Waals surface area contributed by atoms with Crippen LogP contribution in [0.3, 0.4) is 0 Å². The Balaban J connectivity index is 1.72. The highest BCUT2D eigenvalue weighted by atomic mass is 19.3. The molecule has 0 radical (unpaired) electrons. The molecule has 1 saturated heterocycles. The third-order valence-electron chi connectivity index (χ3n) is 5.55. The summed E-state index contributed by atoms with van der Waals surface area (Å²) in [5.41, 5.74) is 1.78. The number of para-hydroxylation sites is 1. The molecule has 0 aliphatic carbocycles. The van der Waals surface area contributed by atoms with E-state index in [1.165, 1.54) is 6.20 Å². The van der Waals surface area contributed by atoms with Crippen molar-refractivity contribution in [1.82, 2.24) is 15.2 Å². The van der Waals surface area contributed by atoms with Crippen LogP contribution in [0.25, 0.3) is 10.9 Å². The van der Waals surface area contributed by atoms with Crippen LogP contribution in [0.4, 0.5) is 14.5 Å². The van der Waals surface area contributed by atoms with Crippen LogP contribution in [0, 0.1) is 11.3 Å². The van der Waals surface area contributed by atoms with Crippen LogP contribution in [0.2, 0.25) is 0 Å². The van der Waals surface area contributed by atoms with E-state index in [1.54, 1.807) is 18.2 Å². The van der Waals surface area contributed by atoms with Crippen molar-refractivity contribution in [2.75, 3.05) is 18.4 Å². The summed E-state index contributed by atoms with van der Waals surface area (Å²) in [6.45, 7) is 2.94. The Morgan fingerprint density at radius 1 is 1.38 bits per heavy atom. The maximum absolute atomic E-state index is 13.6. The lowest BCUT2D eigenvalue weighted by molar-refractivity contribution is -0.131. The third kappa shape index (κ3) is 5.31. The number of halogens is 2. The standard InChI is InChI=1S/C23H27F2N5O2/c1-3-4-6-15(2)29-19-8-5-7-17-18(9-10-27-21(17)19)22(32)28-13-20(31)30-14-23(24,25)11-16(30)12-26/h5,7-10,15-16,29H,3-4,6,11,13-14H2,1-2H3,(H,28,32)/t15-,16?/m0/s1. The van der Waals surface area contributed by atoms with E-state index in [0.717, 1.165) is 29.8 Å². The molecule has 0 bridgehead atoms. The number of pyridine rings is 1. The molecule has 0 saturated carbocycles. The van der Waals surface area contributed by atoms with Crippen LogP contribution in [-0.4, -0.2) is 52.8 Å². The van der Waals surface area contributed by atoms with Gasteiger partial charge in [0.05, 0.1) is 35.9 Å². The fourth-order valence-electron chi connectivity index (χ4n) is 3.89. The first-order chi connectivity index (χ1) is 15.3. The van der Waals surface area contributed by atoms with Gasteiger partial charge in [0.25, 0.3) is 11.8 Å². The number of nitrogens with one attached hydrogen (secondary N) is 2. The molecule has 1 aliphatic rings. The Kier molecular flexibility index (Phi) is 7.23. The van der Waals surface area contributed by atoms with Gasteiger partial charge in [-0.1, -0.05) is 31.9 Å². The Labute approximate surface area is 185 Å². The van der Waals surface area contributed by atoms with Gasteiger partial charge in [-0.15, -0.1) is 0 Å². The average Bonchev–Trinajstić information content (AvgIpc) is 3.10. The van der Waals surface area contributed by atoms with Crippen molar-refractivity contribution in [2.45, 2.75) is 57.5 Å². The van der Waals surface area contributed by atoms with Crippen molar-refractivity contribution in [3.63, 3.8) is 0 Å². The molecule has 2 atom stereocenters. The second-order valence-corrected chi connectivity index (χ2v) is 8.16. The Morgan fingerprint density at radius 2 is 2.16 bits per heavy atom. The number of benzene rings is 1. The van der Waals surface area contributed by atoms with E-state index in [4.69, 9.17) is 5.26 Å². The maximum Gasteiger partial charge on any atom is 0.268 e. The van der Waals surface area contributed by atoms with Gasteiger partial charge in [-0.2, -0.15) is 5.26 Å². The minimum Gasteiger partial charge on any atom is -0.381 e. The molecule has 1 aliphatic heterocycles. The number of anilines is 1. The zero-order valence-electron chi connectivity index (χ0n) is 18.2. The highest BCUT2D eigenvalue weighted by Gasteiger charge is 2.47. The molecular weight excluding hydrogens is 416 g/mol. The van der Waals surface area contributed by atoms with E-state index in [9.17, 15) is 18.4 Å². The molecule has 2 aromatic rings. The molecule has 2 heterocycles. The molecule has 7 nitrogen and oxygen atoms in total. The van der Waals surface area contributed by atoms with E-state index in [-0.39, 0.29) is 6.04 Å². The Bertz CT molecular complexity index is 1040. The summed E-state index contributed by atoms with van der Waals surface area (Å²) in [5, 5.41) is 15.6. The minimum absolute atomic E-state index is 0.240.